The molecule has 2 aromatic carbocycles. The van der Waals surface area contributed by atoms with E-state index in [2.05, 4.69) is 16.0 Å². The Bertz CT molecular complexity index is 1030. The lowest BCUT2D eigenvalue weighted by atomic mass is 9.92. The van der Waals surface area contributed by atoms with E-state index in [4.69, 9.17) is 0 Å². The third-order valence-electron chi connectivity index (χ3n) is 5.32. The van der Waals surface area contributed by atoms with Gasteiger partial charge in [0.25, 0.3) is 5.91 Å². The van der Waals surface area contributed by atoms with Crippen molar-refractivity contribution in [1.29, 1.82) is 0 Å². The fourth-order valence-electron chi connectivity index (χ4n) is 3.75. The molecule has 31 heavy (non-hydrogen) atoms. The Hall–Kier alpha value is -3.68. The molecule has 1 aliphatic rings. The number of nitrogens with one attached hydrogen (secondary N) is 3. The zero-order chi connectivity index (χ0) is 22.8. The van der Waals surface area contributed by atoms with Gasteiger partial charge in [-0.25, -0.2) is 4.79 Å². The molecule has 0 radical (unpaired) electrons. The highest BCUT2D eigenvalue weighted by atomic mass is 16.2. The van der Waals surface area contributed by atoms with Gasteiger partial charge in [0.15, 0.2) is 0 Å². The number of urea groups is 1. The molecule has 2 aromatic rings. The van der Waals surface area contributed by atoms with Crippen LogP contribution in [-0.2, 0) is 19.9 Å². The van der Waals surface area contributed by atoms with Crippen molar-refractivity contribution in [3.8, 4) is 0 Å². The highest BCUT2D eigenvalue weighted by Gasteiger charge is 2.49. The molecule has 1 fully saturated rings. The SMILES string of the molecule is Cc1cc(C)c(NC(=O)CNC(=O)CN2C(=O)N[C@](C)(c3ccccc3)C2=O)c(C)c1. The molecule has 0 aromatic heterocycles. The van der Waals surface area contributed by atoms with Crippen LogP contribution >= 0.6 is 0 Å². The average Bonchev–Trinajstić information content (AvgIpc) is 2.94. The largest absolute Gasteiger partial charge is 0.345 e. The molecule has 0 saturated carbocycles. The molecule has 1 atom stereocenters. The molecule has 3 rings (SSSR count). The van der Waals surface area contributed by atoms with Gasteiger partial charge in [0.05, 0.1) is 6.54 Å². The lowest BCUT2D eigenvalue weighted by Crippen LogP contribution is -2.44. The first-order chi connectivity index (χ1) is 14.6. The van der Waals surface area contributed by atoms with Crippen LogP contribution in [0.15, 0.2) is 42.5 Å². The lowest BCUT2D eigenvalue weighted by Gasteiger charge is -2.22. The molecule has 8 heteroatoms. The van der Waals surface area contributed by atoms with Gasteiger partial charge in [-0.3, -0.25) is 19.3 Å². The number of carbonyl (C=O) groups is 4. The Balaban J connectivity index is 1.58. The quantitative estimate of drug-likeness (QED) is 0.620. The van der Waals surface area contributed by atoms with Crippen LogP contribution in [0.3, 0.4) is 0 Å². The van der Waals surface area contributed by atoms with Crippen molar-refractivity contribution < 1.29 is 19.2 Å². The zero-order valence-electron chi connectivity index (χ0n) is 18.0. The monoisotopic (exact) mass is 422 g/mol. The van der Waals surface area contributed by atoms with Gasteiger partial charge < -0.3 is 16.0 Å². The molecule has 0 aliphatic carbocycles. The predicted octanol–water partition coefficient (Wildman–Crippen LogP) is 2.13. The fourth-order valence-corrected chi connectivity index (χ4v) is 3.75. The Labute approximate surface area is 181 Å². The van der Waals surface area contributed by atoms with E-state index in [1.807, 2.05) is 39.0 Å². The van der Waals surface area contributed by atoms with Crippen molar-refractivity contribution >= 4 is 29.4 Å². The second kappa shape index (κ2) is 8.59. The van der Waals surface area contributed by atoms with Crippen molar-refractivity contribution in [2.24, 2.45) is 0 Å². The molecule has 8 nitrogen and oxygen atoms in total. The molecule has 0 spiro atoms. The zero-order valence-corrected chi connectivity index (χ0v) is 18.0. The van der Waals surface area contributed by atoms with Crippen molar-refractivity contribution in [3.05, 3.63) is 64.7 Å². The van der Waals surface area contributed by atoms with E-state index in [0.29, 0.717) is 11.3 Å². The molecule has 1 heterocycles. The summed E-state index contributed by atoms with van der Waals surface area (Å²) < 4.78 is 0. The Morgan fingerprint density at radius 3 is 2.23 bits per heavy atom. The summed E-state index contributed by atoms with van der Waals surface area (Å²) in [5.74, 6) is -1.52. The van der Waals surface area contributed by atoms with Gasteiger partial charge in [0, 0.05) is 5.69 Å². The minimum absolute atomic E-state index is 0.273. The summed E-state index contributed by atoms with van der Waals surface area (Å²) in [5, 5.41) is 7.90. The van der Waals surface area contributed by atoms with Crippen LogP contribution in [0.4, 0.5) is 10.5 Å². The third kappa shape index (κ3) is 4.58. The van der Waals surface area contributed by atoms with Crippen LogP contribution in [0.25, 0.3) is 0 Å². The number of rotatable bonds is 6. The summed E-state index contributed by atoms with van der Waals surface area (Å²) in [4.78, 5) is 50.6. The summed E-state index contributed by atoms with van der Waals surface area (Å²) in [6.07, 6.45) is 0. The van der Waals surface area contributed by atoms with Crippen LogP contribution in [0.1, 0.15) is 29.2 Å². The van der Waals surface area contributed by atoms with E-state index in [1.54, 1.807) is 31.2 Å². The van der Waals surface area contributed by atoms with Gasteiger partial charge in [0.2, 0.25) is 11.8 Å². The van der Waals surface area contributed by atoms with Crippen LogP contribution in [-0.4, -0.2) is 41.7 Å². The van der Waals surface area contributed by atoms with Crippen LogP contribution in [0.5, 0.6) is 0 Å². The van der Waals surface area contributed by atoms with E-state index in [1.165, 1.54) is 0 Å². The minimum atomic E-state index is -1.24. The number of nitrogens with zero attached hydrogens (tertiary/aromatic N) is 1. The highest BCUT2D eigenvalue weighted by molar-refractivity contribution is 6.09. The molecule has 5 amide bonds. The molecule has 3 N–H and O–H groups in total. The second-order valence-corrected chi connectivity index (χ2v) is 7.91. The summed E-state index contributed by atoms with van der Waals surface area (Å²) in [7, 11) is 0. The average molecular weight is 422 g/mol. The summed E-state index contributed by atoms with van der Waals surface area (Å²) >= 11 is 0. The lowest BCUT2D eigenvalue weighted by molar-refractivity contribution is -0.135. The normalized spacial score (nSPS) is 18.0. The topological polar surface area (TPSA) is 108 Å². The number of amides is 5. The van der Waals surface area contributed by atoms with Gasteiger partial charge in [-0.2, -0.15) is 0 Å². The van der Waals surface area contributed by atoms with E-state index in [0.717, 1.165) is 21.6 Å². The molecular weight excluding hydrogens is 396 g/mol. The first kappa shape index (κ1) is 22.0. The van der Waals surface area contributed by atoms with E-state index in [-0.39, 0.29) is 6.54 Å². The molecular formula is C23H26N4O4. The van der Waals surface area contributed by atoms with Gasteiger partial charge in [0.1, 0.15) is 12.1 Å². The fraction of sp³-hybridized carbons (Fsp3) is 0.304. The van der Waals surface area contributed by atoms with Gasteiger partial charge in [-0.05, 0) is 44.4 Å². The predicted molar refractivity (Wildman–Crippen MR) is 116 cm³/mol. The van der Waals surface area contributed by atoms with Gasteiger partial charge in [-0.1, -0.05) is 48.0 Å². The Morgan fingerprint density at radius 1 is 1.00 bits per heavy atom. The summed E-state index contributed by atoms with van der Waals surface area (Å²) in [5.41, 5.74) is 3.04. The number of carbonyl (C=O) groups excluding carboxylic acids is 4. The Morgan fingerprint density at radius 2 is 1.61 bits per heavy atom. The first-order valence-electron chi connectivity index (χ1n) is 9.96. The molecule has 162 valence electrons. The summed E-state index contributed by atoms with van der Waals surface area (Å²) in [6.45, 7) is 6.63. The minimum Gasteiger partial charge on any atom is -0.345 e. The number of benzene rings is 2. The smallest absolute Gasteiger partial charge is 0.325 e. The number of aryl methyl sites for hydroxylation is 3. The van der Waals surface area contributed by atoms with Crippen LogP contribution in [0, 0.1) is 20.8 Å². The maximum absolute atomic E-state index is 12.8. The summed E-state index contributed by atoms with van der Waals surface area (Å²) in [6, 6.07) is 12.1. The molecule has 0 bridgehead atoms. The van der Waals surface area contributed by atoms with Crippen molar-refractivity contribution in [1.82, 2.24) is 15.5 Å². The van der Waals surface area contributed by atoms with Gasteiger partial charge >= 0.3 is 6.03 Å². The second-order valence-electron chi connectivity index (χ2n) is 7.91. The van der Waals surface area contributed by atoms with E-state index in [9.17, 15) is 19.2 Å². The number of hydrogen-bond donors (Lipinski definition) is 3. The van der Waals surface area contributed by atoms with Crippen LogP contribution in [0.2, 0.25) is 0 Å². The standard InChI is InChI=1S/C23H26N4O4/c1-14-10-15(2)20(16(3)11-14)25-18(28)12-24-19(29)13-27-21(30)23(4,26-22(27)31)17-8-6-5-7-9-17/h5-11H,12-13H2,1-4H3,(H,24,29)(H,25,28)(H,26,31)/t23-/m1/s1. The van der Waals surface area contributed by atoms with Crippen LogP contribution < -0.4 is 16.0 Å². The number of anilines is 1. The Kier molecular flexibility index (Phi) is 6.10. The molecule has 0 unspecified atom stereocenters. The van der Waals surface area contributed by atoms with Crippen molar-refractivity contribution in [2.75, 3.05) is 18.4 Å². The highest BCUT2D eigenvalue weighted by Crippen LogP contribution is 2.28. The van der Waals surface area contributed by atoms with Crippen molar-refractivity contribution in [2.45, 2.75) is 33.2 Å². The third-order valence-corrected chi connectivity index (χ3v) is 5.32. The molecule has 1 aliphatic heterocycles. The molecule has 1 saturated heterocycles. The first-order valence-corrected chi connectivity index (χ1v) is 9.96. The van der Waals surface area contributed by atoms with Gasteiger partial charge in [-0.15, -0.1) is 0 Å². The maximum atomic E-state index is 12.8. The number of hydrogen-bond acceptors (Lipinski definition) is 4. The van der Waals surface area contributed by atoms with E-state index >= 15 is 0 Å². The number of imide groups is 1. The maximum Gasteiger partial charge on any atom is 0.325 e. The van der Waals surface area contributed by atoms with E-state index < -0.39 is 35.8 Å². The van der Waals surface area contributed by atoms with Crippen molar-refractivity contribution in [3.63, 3.8) is 0 Å².